The summed E-state index contributed by atoms with van der Waals surface area (Å²) in [5.41, 5.74) is 11.0. The third-order valence-corrected chi connectivity index (χ3v) is 6.84. The summed E-state index contributed by atoms with van der Waals surface area (Å²) in [6, 6.07) is 10.3. The SMILES string of the molecule is C=C/C(C)=C(\C=C)NCCCCCCCC.C=C/C=C(\C=C(/C)[SH2+])N(C)C.C=CCC/C=C(/C)N.C=CCC/C=C\C.C[NH2+]c1ccccc1. The molecule has 0 saturated carbocycles. The fourth-order valence-corrected chi connectivity index (χ4v) is 3.88. The Morgan fingerprint density at radius 2 is 1.44 bits per heavy atom. The Morgan fingerprint density at radius 3 is 1.86 bits per heavy atom. The van der Waals surface area contributed by atoms with Gasteiger partial charge in [0, 0.05) is 50.7 Å². The normalized spacial score (nSPS) is 11.3. The molecule has 0 spiro atoms. The van der Waals surface area contributed by atoms with E-state index < -0.39 is 0 Å². The Bertz CT molecular complexity index is 1110. The summed E-state index contributed by atoms with van der Waals surface area (Å²) < 4.78 is 0. The van der Waals surface area contributed by atoms with Gasteiger partial charge in [0.05, 0.1) is 7.05 Å². The van der Waals surface area contributed by atoms with Crippen molar-refractivity contribution in [2.75, 3.05) is 27.7 Å². The first kappa shape index (κ1) is 53.1. The summed E-state index contributed by atoms with van der Waals surface area (Å²) in [4.78, 5) is 3.14. The van der Waals surface area contributed by atoms with Crippen molar-refractivity contribution >= 4 is 18.3 Å². The van der Waals surface area contributed by atoms with Crippen molar-refractivity contribution < 1.29 is 5.32 Å². The standard InChI is InChI=1S/C15H27N.C9H15NS.C7H9N.C7H13N.C7H12/c1-5-8-9-10-11-12-13-16-15(7-3)14(4)6-2;1-5-6-9(10(3)4)7-8(2)11;1-8-7-5-3-2-4-6-7;1-3-4-5-6-7(2)8;1-3-5-7-6-4-2/h6-7,16H,2-3,5,8-13H2,1,4H3;5-7,11H,1H2,2-4H3;2-6,8H,1H3;3,6H,1,4-5,8H2,2H3;3-4,6H,1,5,7H2,2H3/p+2/b15-14+;8-7+,9-6+;;7-6-;6-4-. The first-order valence-electron chi connectivity index (χ1n) is 18.1. The highest BCUT2D eigenvalue weighted by Crippen LogP contribution is 2.07. The monoisotopic (exact) mass is 707 g/mol. The zero-order chi connectivity index (χ0) is 38.8. The van der Waals surface area contributed by atoms with Gasteiger partial charge < -0.3 is 21.3 Å². The molecule has 5 N–H and O–H groups in total. The quantitative estimate of drug-likeness (QED) is 0.0416. The molecule has 1 aromatic rings. The van der Waals surface area contributed by atoms with Crippen molar-refractivity contribution in [2.45, 2.75) is 98.8 Å². The average molecular weight is 707 g/mol. The van der Waals surface area contributed by atoms with Crippen molar-refractivity contribution in [1.82, 2.24) is 10.2 Å². The Hall–Kier alpha value is -3.67. The lowest BCUT2D eigenvalue weighted by atomic mass is 10.1. The number of rotatable bonds is 20. The second-order valence-corrected chi connectivity index (χ2v) is 12.5. The number of para-hydroxylation sites is 1. The van der Waals surface area contributed by atoms with Crippen molar-refractivity contribution in [3.8, 4) is 0 Å². The molecule has 1 rings (SSSR count). The van der Waals surface area contributed by atoms with E-state index in [4.69, 9.17) is 5.73 Å². The molecule has 0 bridgehead atoms. The number of unbranched alkanes of at least 4 members (excludes halogenated alkanes) is 7. The van der Waals surface area contributed by atoms with E-state index in [0.717, 1.165) is 54.2 Å². The van der Waals surface area contributed by atoms with Crippen LogP contribution in [0.3, 0.4) is 0 Å². The van der Waals surface area contributed by atoms with Crippen LogP contribution in [-0.2, 0) is 12.6 Å². The summed E-state index contributed by atoms with van der Waals surface area (Å²) in [6.45, 7) is 29.7. The maximum atomic E-state index is 5.36. The van der Waals surface area contributed by atoms with Gasteiger partial charge in [-0.25, -0.2) is 0 Å². The molecule has 0 aromatic heterocycles. The molecule has 0 unspecified atom stereocenters. The molecule has 50 heavy (non-hydrogen) atoms. The molecule has 0 radical (unpaired) electrons. The molecule has 0 aliphatic carbocycles. The van der Waals surface area contributed by atoms with Gasteiger partial charge in [0.2, 0.25) is 0 Å². The van der Waals surface area contributed by atoms with E-state index in [1.165, 1.54) is 49.8 Å². The number of nitrogens with two attached hydrogens (primary N) is 2. The summed E-state index contributed by atoms with van der Waals surface area (Å²) in [7, 11) is 6.04. The van der Waals surface area contributed by atoms with Crippen molar-refractivity contribution in [3.05, 3.63) is 152 Å². The number of hydrogen-bond acceptors (Lipinski definition) is 3. The molecule has 5 heteroatoms. The Kier molecular flexibility index (Phi) is 46.1. The number of hydrogen-bond donors (Lipinski definition) is 3. The molecule has 0 saturated heterocycles. The van der Waals surface area contributed by atoms with Gasteiger partial charge >= 0.3 is 0 Å². The van der Waals surface area contributed by atoms with Crippen molar-refractivity contribution in [3.63, 3.8) is 0 Å². The predicted octanol–water partition coefficient (Wildman–Crippen LogP) is 11.0. The number of benzene rings is 1. The zero-order valence-electron chi connectivity index (χ0n) is 33.6. The minimum atomic E-state index is 0.895. The van der Waals surface area contributed by atoms with E-state index >= 15 is 0 Å². The first-order chi connectivity index (χ1) is 23.9. The lowest BCUT2D eigenvalue weighted by Gasteiger charge is -2.12. The van der Waals surface area contributed by atoms with Crippen LogP contribution in [0.2, 0.25) is 0 Å². The van der Waals surface area contributed by atoms with Gasteiger partial charge in [-0.3, -0.25) is 0 Å². The molecule has 1 aromatic carbocycles. The maximum absolute atomic E-state index is 5.36. The third-order valence-electron chi connectivity index (χ3n) is 6.69. The Balaban J connectivity index is -0.000000275. The first-order valence-corrected chi connectivity index (χ1v) is 18.6. The Morgan fingerprint density at radius 1 is 0.860 bits per heavy atom. The van der Waals surface area contributed by atoms with Crippen LogP contribution in [0.15, 0.2) is 152 Å². The fourth-order valence-electron chi connectivity index (χ4n) is 3.73. The van der Waals surface area contributed by atoms with Gasteiger partial charge in [0.25, 0.3) is 0 Å². The van der Waals surface area contributed by atoms with E-state index in [9.17, 15) is 0 Å². The topological polar surface area (TPSA) is 57.9 Å². The summed E-state index contributed by atoms with van der Waals surface area (Å²) in [5.74, 6) is 0. The lowest BCUT2D eigenvalue weighted by Crippen LogP contribution is -2.72. The second kappa shape index (κ2) is 43.4. The van der Waals surface area contributed by atoms with E-state index in [1.807, 2.05) is 108 Å². The predicted molar refractivity (Wildman–Crippen MR) is 236 cm³/mol. The lowest BCUT2D eigenvalue weighted by molar-refractivity contribution is -0.539. The summed E-state index contributed by atoms with van der Waals surface area (Å²) in [6.07, 6.45) is 31.8. The molecule has 0 fully saturated rings. The molecular weight excluding hydrogens is 629 g/mol. The molecule has 0 aliphatic heterocycles. The van der Waals surface area contributed by atoms with Crippen LogP contribution in [0, 0.1) is 0 Å². The van der Waals surface area contributed by atoms with E-state index in [0.29, 0.717) is 0 Å². The molecule has 0 heterocycles. The van der Waals surface area contributed by atoms with E-state index in [2.05, 4.69) is 94.3 Å². The van der Waals surface area contributed by atoms with Gasteiger partial charge in [-0.1, -0.05) is 119 Å². The van der Waals surface area contributed by atoms with E-state index in [1.54, 1.807) is 6.08 Å². The third kappa shape index (κ3) is 44.3. The van der Waals surface area contributed by atoms with Crippen LogP contribution >= 0.6 is 0 Å². The number of likely N-dealkylation sites (N-methyl/N-ethyl adjacent to an activating group) is 1. The van der Waals surface area contributed by atoms with Crippen LogP contribution in [0.5, 0.6) is 0 Å². The number of nitrogens with one attached hydrogen (secondary N) is 1. The van der Waals surface area contributed by atoms with Gasteiger partial charge in [0.1, 0.15) is 10.6 Å². The zero-order valence-corrected chi connectivity index (χ0v) is 34.6. The highest BCUT2D eigenvalue weighted by Gasteiger charge is 1.96. The highest BCUT2D eigenvalue weighted by atomic mass is 32.1. The summed E-state index contributed by atoms with van der Waals surface area (Å²) in [5, 5.41) is 5.48. The number of allylic oxidation sites excluding steroid dienone is 13. The smallest absolute Gasteiger partial charge is 0.129 e. The molecule has 282 valence electrons. The number of quaternary nitrogens is 1. The minimum absolute atomic E-state index is 0.895. The largest absolute Gasteiger partial charge is 0.403 e. The van der Waals surface area contributed by atoms with Gasteiger partial charge in [0.15, 0.2) is 0 Å². The average Bonchev–Trinajstić information content (AvgIpc) is 3.10. The van der Waals surface area contributed by atoms with Gasteiger partial charge in [-0.05, 0) is 95.4 Å². The molecular formula is C45H78N4S+2. The maximum Gasteiger partial charge on any atom is 0.129 e. The van der Waals surface area contributed by atoms with E-state index in [-0.39, 0.29) is 0 Å². The van der Waals surface area contributed by atoms with Crippen LogP contribution in [0.1, 0.15) is 98.8 Å². The van der Waals surface area contributed by atoms with Crippen molar-refractivity contribution in [2.24, 2.45) is 5.73 Å². The fraction of sp³-hybridized carbons (Fsp3) is 0.422. The molecule has 0 atom stereocenters. The van der Waals surface area contributed by atoms with Crippen LogP contribution < -0.4 is 16.4 Å². The second-order valence-electron chi connectivity index (χ2n) is 11.7. The Labute approximate surface area is 316 Å². The number of nitrogens with zero attached hydrogens (tertiary/aromatic N) is 1. The van der Waals surface area contributed by atoms with Crippen molar-refractivity contribution in [1.29, 1.82) is 0 Å². The van der Waals surface area contributed by atoms with Gasteiger partial charge in [-0.15, -0.1) is 13.2 Å². The molecule has 0 amide bonds. The van der Waals surface area contributed by atoms with Crippen LogP contribution in [-0.4, -0.2) is 32.6 Å². The van der Waals surface area contributed by atoms with Crippen LogP contribution in [0.25, 0.3) is 0 Å². The summed E-state index contributed by atoms with van der Waals surface area (Å²) >= 11 is 3.42. The molecule has 4 nitrogen and oxygen atoms in total. The van der Waals surface area contributed by atoms with Gasteiger partial charge in [-0.2, -0.15) is 0 Å². The highest BCUT2D eigenvalue weighted by molar-refractivity contribution is 7.63. The minimum Gasteiger partial charge on any atom is -0.403 e. The molecule has 0 aliphatic rings. The van der Waals surface area contributed by atoms with Crippen LogP contribution in [0.4, 0.5) is 5.69 Å².